The van der Waals surface area contributed by atoms with Crippen molar-refractivity contribution >= 4 is 5.91 Å². The van der Waals surface area contributed by atoms with Crippen molar-refractivity contribution in [3.63, 3.8) is 0 Å². The molecule has 0 radical (unpaired) electrons. The Morgan fingerprint density at radius 2 is 1.83 bits per heavy atom. The van der Waals surface area contributed by atoms with Gasteiger partial charge in [0.1, 0.15) is 30.9 Å². The number of likely N-dealkylation sites (tertiary alicyclic amines) is 1. The van der Waals surface area contributed by atoms with E-state index in [1.807, 2.05) is 4.90 Å². The van der Waals surface area contributed by atoms with Crippen LogP contribution in [0.5, 0.6) is 5.75 Å². The van der Waals surface area contributed by atoms with Crippen LogP contribution >= 0.6 is 0 Å². The second-order valence-corrected chi connectivity index (χ2v) is 8.18. The van der Waals surface area contributed by atoms with Crippen LogP contribution in [-0.2, 0) is 16.1 Å². The molecule has 2 fully saturated rings. The van der Waals surface area contributed by atoms with E-state index in [-0.39, 0.29) is 30.5 Å². The normalized spacial score (nSPS) is 21.1. The van der Waals surface area contributed by atoms with Crippen molar-refractivity contribution in [2.75, 3.05) is 32.8 Å². The molecule has 30 heavy (non-hydrogen) atoms. The third-order valence-electron chi connectivity index (χ3n) is 6.07. The van der Waals surface area contributed by atoms with E-state index in [1.165, 1.54) is 23.3 Å². The van der Waals surface area contributed by atoms with Gasteiger partial charge >= 0.3 is 0 Å². The zero-order valence-electron chi connectivity index (χ0n) is 17.4. The maximum absolute atomic E-state index is 13.0. The van der Waals surface area contributed by atoms with Crippen LogP contribution in [0.2, 0.25) is 0 Å². The van der Waals surface area contributed by atoms with E-state index in [1.54, 1.807) is 12.1 Å². The number of morpholine rings is 1. The number of rotatable bonds is 6. The number of carbonyl (C=O) groups is 1. The minimum Gasteiger partial charge on any atom is -0.491 e. The number of piperidine rings is 1. The van der Waals surface area contributed by atoms with E-state index >= 15 is 0 Å². The second kappa shape index (κ2) is 9.58. The van der Waals surface area contributed by atoms with E-state index < -0.39 is 0 Å². The molecule has 0 aromatic heterocycles. The lowest BCUT2D eigenvalue weighted by atomic mass is 10.0. The summed E-state index contributed by atoms with van der Waals surface area (Å²) < 4.78 is 24.4. The van der Waals surface area contributed by atoms with E-state index in [9.17, 15) is 9.18 Å². The smallest absolute Gasteiger partial charge is 0.248 e. The number of ether oxygens (including phenoxy) is 2. The van der Waals surface area contributed by atoms with Crippen molar-refractivity contribution in [3.05, 3.63) is 65.5 Å². The van der Waals surface area contributed by atoms with Gasteiger partial charge in [0.05, 0.1) is 6.54 Å². The fraction of sp³-hybridized carbons (Fsp3) is 0.458. The first-order valence-electron chi connectivity index (χ1n) is 10.6. The van der Waals surface area contributed by atoms with Crippen LogP contribution in [0.4, 0.5) is 4.39 Å². The molecule has 160 valence electrons. The summed E-state index contributed by atoms with van der Waals surface area (Å²) in [5.74, 6) is 0.375. The Morgan fingerprint density at radius 1 is 1.10 bits per heavy atom. The first-order chi connectivity index (χ1) is 14.6. The molecule has 1 atom stereocenters. The van der Waals surface area contributed by atoms with Gasteiger partial charge in [-0.05, 0) is 55.2 Å². The van der Waals surface area contributed by atoms with Crippen LogP contribution < -0.4 is 4.74 Å². The van der Waals surface area contributed by atoms with E-state index in [0.717, 1.165) is 32.5 Å². The highest BCUT2D eigenvalue weighted by molar-refractivity contribution is 5.78. The Labute approximate surface area is 177 Å². The highest BCUT2D eigenvalue weighted by atomic mass is 19.1. The predicted octanol–water partition coefficient (Wildman–Crippen LogP) is 3.40. The molecule has 2 aromatic rings. The van der Waals surface area contributed by atoms with E-state index in [2.05, 4.69) is 36.1 Å². The second-order valence-electron chi connectivity index (χ2n) is 8.18. The third kappa shape index (κ3) is 5.18. The van der Waals surface area contributed by atoms with Crippen LogP contribution in [0.1, 0.15) is 24.0 Å². The maximum atomic E-state index is 13.0. The lowest BCUT2D eigenvalue weighted by Crippen LogP contribution is -2.55. The number of halogens is 1. The number of hydrogen-bond donors (Lipinski definition) is 0. The standard InChI is InChI=1S/C24H29FN2O3/c1-18-4-2-3-5-19(18)14-26-12-10-21(11-13-26)27-15-23(30-17-24(27)28)16-29-22-8-6-20(25)7-9-22/h2-9,21,23H,10-17H2,1H3/t23-/m1/s1. The summed E-state index contributed by atoms with van der Waals surface area (Å²) in [6.07, 6.45) is 1.78. The molecule has 5 nitrogen and oxygen atoms in total. The Hall–Kier alpha value is -2.44. The van der Waals surface area contributed by atoms with Gasteiger partial charge in [-0.25, -0.2) is 4.39 Å². The molecule has 2 aromatic carbocycles. The fourth-order valence-corrected chi connectivity index (χ4v) is 4.24. The van der Waals surface area contributed by atoms with Crippen molar-refractivity contribution in [2.24, 2.45) is 0 Å². The van der Waals surface area contributed by atoms with Crippen LogP contribution in [-0.4, -0.2) is 60.7 Å². The highest BCUT2D eigenvalue weighted by Gasteiger charge is 2.33. The molecule has 1 amide bonds. The van der Waals surface area contributed by atoms with Crippen LogP contribution in [0.3, 0.4) is 0 Å². The molecule has 6 heteroatoms. The summed E-state index contributed by atoms with van der Waals surface area (Å²) in [6.45, 7) is 6.08. The zero-order valence-corrected chi connectivity index (χ0v) is 17.4. The molecule has 2 aliphatic rings. The average Bonchev–Trinajstić information content (AvgIpc) is 2.76. The minimum atomic E-state index is -0.290. The largest absolute Gasteiger partial charge is 0.491 e. The summed E-state index contributed by atoms with van der Waals surface area (Å²) in [7, 11) is 0. The molecular formula is C24H29FN2O3. The van der Waals surface area contributed by atoms with Crippen LogP contribution in [0.15, 0.2) is 48.5 Å². The Morgan fingerprint density at radius 3 is 2.57 bits per heavy atom. The Balaban J connectivity index is 1.27. The number of amides is 1. The first-order valence-corrected chi connectivity index (χ1v) is 10.6. The molecule has 2 aliphatic heterocycles. The van der Waals surface area contributed by atoms with Gasteiger partial charge in [0, 0.05) is 25.7 Å². The SMILES string of the molecule is Cc1ccccc1CN1CCC(N2C[C@H](COc3ccc(F)cc3)OCC2=O)CC1. The molecule has 4 rings (SSSR count). The van der Waals surface area contributed by atoms with Crippen molar-refractivity contribution in [2.45, 2.75) is 38.5 Å². The van der Waals surface area contributed by atoms with Crippen molar-refractivity contribution in [1.29, 1.82) is 0 Å². The lowest BCUT2D eigenvalue weighted by molar-refractivity contribution is -0.155. The molecule has 0 N–H and O–H groups in total. The van der Waals surface area contributed by atoms with Gasteiger partial charge in [-0.1, -0.05) is 24.3 Å². The van der Waals surface area contributed by atoms with Crippen molar-refractivity contribution in [1.82, 2.24) is 9.80 Å². The summed E-state index contributed by atoms with van der Waals surface area (Å²) in [4.78, 5) is 16.9. The molecule has 0 spiro atoms. The number of carbonyl (C=O) groups excluding carboxylic acids is 1. The molecule has 0 bridgehead atoms. The summed E-state index contributed by atoms with van der Waals surface area (Å²) >= 11 is 0. The van der Waals surface area contributed by atoms with Gasteiger partial charge in [-0.15, -0.1) is 0 Å². The third-order valence-corrected chi connectivity index (χ3v) is 6.07. The van der Waals surface area contributed by atoms with Gasteiger partial charge < -0.3 is 14.4 Å². The molecular weight excluding hydrogens is 383 g/mol. The zero-order chi connectivity index (χ0) is 20.9. The maximum Gasteiger partial charge on any atom is 0.248 e. The van der Waals surface area contributed by atoms with Crippen molar-refractivity contribution in [3.8, 4) is 5.75 Å². The summed E-state index contributed by atoms with van der Waals surface area (Å²) in [5.41, 5.74) is 2.70. The number of aryl methyl sites for hydroxylation is 1. The van der Waals surface area contributed by atoms with Gasteiger partial charge in [0.25, 0.3) is 0 Å². The topological polar surface area (TPSA) is 42.0 Å². The molecule has 2 saturated heterocycles. The predicted molar refractivity (Wildman–Crippen MR) is 113 cm³/mol. The van der Waals surface area contributed by atoms with Crippen LogP contribution in [0.25, 0.3) is 0 Å². The molecule has 0 saturated carbocycles. The van der Waals surface area contributed by atoms with E-state index in [4.69, 9.17) is 9.47 Å². The Kier molecular flexibility index (Phi) is 6.65. The lowest BCUT2D eigenvalue weighted by Gasteiger charge is -2.42. The number of benzene rings is 2. The summed E-state index contributed by atoms with van der Waals surface area (Å²) in [6, 6.07) is 14.7. The summed E-state index contributed by atoms with van der Waals surface area (Å²) in [5, 5.41) is 0. The van der Waals surface area contributed by atoms with Gasteiger partial charge in [0.2, 0.25) is 5.91 Å². The van der Waals surface area contributed by atoms with Gasteiger partial charge in [0.15, 0.2) is 0 Å². The number of hydrogen-bond acceptors (Lipinski definition) is 4. The molecule has 0 unspecified atom stereocenters. The minimum absolute atomic E-state index is 0.0605. The molecule has 2 heterocycles. The average molecular weight is 413 g/mol. The quantitative estimate of drug-likeness (QED) is 0.729. The number of nitrogens with zero attached hydrogens (tertiary/aromatic N) is 2. The van der Waals surface area contributed by atoms with E-state index in [0.29, 0.717) is 18.9 Å². The highest BCUT2D eigenvalue weighted by Crippen LogP contribution is 2.22. The van der Waals surface area contributed by atoms with Crippen molar-refractivity contribution < 1.29 is 18.7 Å². The van der Waals surface area contributed by atoms with Crippen LogP contribution in [0, 0.1) is 12.7 Å². The van der Waals surface area contributed by atoms with Gasteiger partial charge in [-0.2, -0.15) is 0 Å². The van der Waals surface area contributed by atoms with Gasteiger partial charge in [-0.3, -0.25) is 9.69 Å². The first kappa shape index (κ1) is 20.8. The fourth-order valence-electron chi connectivity index (χ4n) is 4.24. The Bertz CT molecular complexity index is 850. The monoisotopic (exact) mass is 412 g/mol. The molecule has 0 aliphatic carbocycles.